The van der Waals surface area contributed by atoms with Crippen molar-refractivity contribution in [2.75, 3.05) is 41.8 Å². The third-order valence-electron chi connectivity index (χ3n) is 4.81. The molecule has 1 aliphatic rings. The first kappa shape index (κ1) is 24.9. The molecule has 3 aromatic rings. The van der Waals surface area contributed by atoms with Crippen molar-refractivity contribution in [3.63, 3.8) is 0 Å². The molecule has 31 heavy (non-hydrogen) atoms. The van der Waals surface area contributed by atoms with E-state index in [-0.39, 0.29) is 62.2 Å². The van der Waals surface area contributed by atoms with E-state index in [4.69, 9.17) is 39.5 Å². The molecule has 0 aromatic heterocycles. The first-order valence-corrected chi connectivity index (χ1v) is 10.3. The maximum Gasteiger partial charge on any atom is 1.00 e. The van der Waals surface area contributed by atoms with Gasteiger partial charge in [-0.3, -0.25) is 0 Å². The molecule has 4 rings (SSSR count). The van der Waals surface area contributed by atoms with Gasteiger partial charge in [-0.1, -0.05) is 53.0 Å². The van der Waals surface area contributed by atoms with Gasteiger partial charge in [0.05, 0.1) is 39.7 Å². The van der Waals surface area contributed by atoms with Crippen LogP contribution in [0.15, 0.2) is 42.5 Å². The van der Waals surface area contributed by atoms with E-state index in [1.807, 2.05) is 6.07 Å². The molecule has 2 amide bonds. The molecule has 0 saturated carbocycles. The molecule has 0 unspecified atom stereocenters. The normalized spacial score (nSPS) is 13.6. The smallest absolute Gasteiger partial charge is 0.872 e. The fourth-order valence-electron chi connectivity index (χ4n) is 3.38. The Labute approximate surface area is 237 Å². The maximum absolute atomic E-state index is 12.6. The molecule has 1 fully saturated rings. The Morgan fingerprint density at radius 3 is 2.35 bits per heavy atom. The number of nitrogens with one attached hydrogen (secondary N) is 2. The first-order chi connectivity index (χ1) is 14.4. The van der Waals surface area contributed by atoms with Crippen molar-refractivity contribution >= 4 is 68.7 Å². The zero-order valence-electron chi connectivity index (χ0n) is 16.7. The van der Waals surface area contributed by atoms with Gasteiger partial charge in [-0.2, -0.15) is 0 Å². The predicted molar refractivity (Wildman–Crippen MR) is 121 cm³/mol. The molecule has 10 heteroatoms. The summed E-state index contributed by atoms with van der Waals surface area (Å²) in [5.41, 5.74) is 1.72. The molecule has 3 aromatic carbocycles. The second-order valence-corrected chi connectivity index (χ2v) is 7.99. The van der Waals surface area contributed by atoms with Crippen LogP contribution in [0.5, 0.6) is 5.75 Å². The first-order valence-electron chi connectivity index (χ1n) is 9.21. The summed E-state index contributed by atoms with van der Waals surface area (Å²) < 4.78 is 5.36. The van der Waals surface area contributed by atoms with Crippen LogP contribution in [-0.2, 0) is 4.74 Å². The van der Waals surface area contributed by atoms with Crippen molar-refractivity contribution in [2.45, 2.75) is 0 Å². The van der Waals surface area contributed by atoms with Gasteiger partial charge in [0.2, 0.25) is 0 Å². The number of morpholine rings is 1. The SMILES string of the molecule is O=C(Nc1ccc(N2CCOCC2)c(Cl)c1)Nc1c(Cl)cc(Cl)c2ccc([O-])cc12.[K+]. The Bertz CT molecular complexity index is 1120. The van der Waals surface area contributed by atoms with Gasteiger partial charge >= 0.3 is 57.4 Å². The summed E-state index contributed by atoms with van der Waals surface area (Å²) in [6.07, 6.45) is 0. The molecular formula is C21H17Cl3KN3O3. The summed E-state index contributed by atoms with van der Waals surface area (Å²) in [5, 5.41) is 19.5. The van der Waals surface area contributed by atoms with Crippen molar-refractivity contribution in [3.8, 4) is 5.75 Å². The Balaban J connectivity index is 0.00000272. The third-order valence-corrected chi connectivity index (χ3v) is 5.72. The second-order valence-electron chi connectivity index (χ2n) is 6.77. The van der Waals surface area contributed by atoms with Crippen LogP contribution in [0.3, 0.4) is 0 Å². The van der Waals surface area contributed by atoms with E-state index >= 15 is 0 Å². The minimum Gasteiger partial charge on any atom is -0.872 e. The quantitative estimate of drug-likeness (QED) is 0.537. The number of fused-ring (bicyclic) bond motifs is 1. The number of carbonyl (C=O) groups excluding carboxylic acids is 1. The molecule has 6 nitrogen and oxygen atoms in total. The van der Waals surface area contributed by atoms with Crippen LogP contribution >= 0.6 is 34.8 Å². The van der Waals surface area contributed by atoms with E-state index in [1.54, 1.807) is 18.2 Å². The van der Waals surface area contributed by atoms with Gasteiger partial charge in [-0.15, -0.1) is 5.75 Å². The van der Waals surface area contributed by atoms with E-state index in [0.29, 0.717) is 45.4 Å². The van der Waals surface area contributed by atoms with E-state index in [0.717, 1.165) is 18.8 Å². The number of anilines is 3. The van der Waals surface area contributed by atoms with Crippen LogP contribution < -0.4 is 72.0 Å². The minimum atomic E-state index is -0.521. The second kappa shape index (κ2) is 10.9. The van der Waals surface area contributed by atoms with Crippen LogP contribution in [-0.4, -0.2) is 32.3 Å². The van der Waals surface area contributed by atoms with Crippen molar-refractivity contribution in [1.29, 1.82) is 0 Å². The summed E-state index contributed by atoms with van der Waals surface area (Å²) in [6.45, 7) is 2.83. The molecule has 0 bridgehead atoms. The molecule has 0 aliphatic carbocycles. The molecule has 1 heterocycles. The largest absolute Gasteiger partial charge is 1.00 e. The molecule has 1 aliphatic heterocycles. The third kappa shape index (κ3) is 5.79. The van der Waals surface area contributed by atoms with Gasteiger partial charge < -0.3 is 25.4 Å². The molecule has 2 N–H and O–H groups in total. The van der Waals surface area contributed by atoms with Crippen molar-refractivity contribution in [2.24, 2.45) is 0 Å². The standard InChI is InChI=1S/C21H18Cl3N3O3.K/c22-16-11-18(24)20(15-10-13(28)2-3-14(15)16)26-21(29)25-12-1-4-19(17(23)9-12)27-5-7-30-8-6-27;/h1-4,9-11,28H,5-8H2,(H2,25,26,29);/q;+1/p-1. The van der Waals surface area contributed by atoms with E-state index in [1.165, 1.54) is 18.2 Å². The fourth-order valence-corrected chi connectivity index (χ4v) is 4.26. The number of rotatable bonds is 3. The van der Waals surface area contributed by atoms with Crippen LogP contribution in [0, 0.1) is 0 Å². The summed E-state index contributed by atoms with van der Waals surface area (Å²) in [6, 6.07) is 10.7. The molecule has 0 spiro atoms. The Morgan fingerprint density at radius 1 is 0.903 bits per heavy atom. The molecule has 156 valence electrons. The topological polar surface area (TPSA) is 76.7 Å². The number of hydrogen-bond acceptors (Lipinski definition) is 4. The Kier molecular flexibility index (Phi) is 8.77. The molecule has 0 radical (unpaired) electrons. The van der Waals surface area contributed by atoms with Crippen LogP contribution in [0.2, 0.25) is 15.1 Å². The summed E-state index contributed by atoms with van der Waals surface area (Å²) in [4.78, 5) is 14.7. The number of benzene rings is 3. The molecule has 1 saturated heterocycles. The number of halogens is 3. The number of carbonyl (C=O) groups is 1. The van der Waals surface area contributed by atoms with Crippen molar-refractivity contribution in [1.82, 2.24) is 0 Å². The number of amides is 2. The maximum atomic E-state index is 12.6. The van der Waals surface area contributed by atoms with Gasteiger partial charge in [0.1, 0.15) is 0 Å². The van der Waals surface area contributed by atoms with E-state index in [2.05, 4.69) is 15.5 Å². The minimum absolute atomic E-state index is 0. The Hall–Kier alpha value is -0.744. The van der Waals surface area contributed by atoms with Gasteiger partial charge in [-0.25, -0.2) is 4.79 Å². The van der Waals surface area contributed by atoms with E-state index < -0.39 is 6.03 Å². The molecular weight excluding hydrogens is 488 g/mol. The number of hydrogen-bond donors (Lipinski definition) is 2. The van der Waals surface area contributed by atoms with Gasteiger partial charge in [0.15, 0.2) is 0 Å². The average molecular weight is 505 g/mol. The number of ether oxygens (including phenoxy) is 1. The van der Waals surface area contributed by atoms with Crippen molar-refractivity contribution < 1.29 is 66.0 Å². The summed E-state index contributed by atoms with van der Waals surface area (Å²) in [5.74, 6) is -0.213. The van der Waals surface area contributed by atoms with Crippen molar-refractivity contribution in [3.05, 3.63) is 57.5 Å². The van der Waals surface area contributed by atoms with Gasteiger partial charge in [-0.05, 0) is 24.3 Å². The summed E-state index contributed by atoms with van der Waals surface area (Å²) in [7, 11) is 0. The zero-order chi connectivity index (χ0) is 21.3. The van der Waals surface area contributed by atoms with Crippen LogP contribution in [0.4, 0.5) is 21.9 Å². The fraction of sp³-hybridized carbons (Fsp3) is 0.190. The van der Waals surface area contributed by atoms with Gasteiger partial charge in [0.25, 0.3) is 0 Å². The summed E-state index contributed by atoms with van der Waals surface area (Å²) >= 11 is 18.9. The van der Waals surface area contributed by atoms with E-state index in [9.17, 15) is 9.90 Å². The van der Waals surface area contributed by atoms with Crippen LogP contribution in [0.1, 0.15) is 0 Å². The zero-order valence-corrected chi connectivity index (χ0v) is 22.1. The number of nitrogens with zero attached hydrogens (tertiary/aromatic N) is 1. The monoisotopic (exact) mass is 503 g/mol. The number of urea groups is 1. The molecule has 0 atom stereocenters. The predicted octanol–water partition coefficient (Wildman–Crippen LogP) is 2.36. The van der Waals surface area contributed by atoms with Gasteiger partial charge in [0, 0.05) is 29.5 Å². The Morgan fingerprint density at radius 2 is 1.65 bits per heavy atom. The average Bonchev–Trinajstić information content (AvgIpc) is 2.71. The van der Waals surface area contributed by atoms with Crippen LogP contribution in [0.25, 0.3) is 10.8 Å².